The van der Waals surface area contributed by atoms with E-state index in [1.165, 1.54) is 18.3 Å². The molecule has 6 heteroatoms. The van der Waals surface area contributed by atoms with E-state index in [9.17, 15) is 14.9 Å². The standard InChI is InChI=1S/C11H14N2O4/c1-2-3-4-8-17-11(14)9-6-5-7-12-10(9)13(15)16/h5-7H,2-4,8H2,1H3. The van der Waals surface area contributed by atoms with Gasteiger partial charge in [-0.3, -0.25) is 0 Å². The van der Waals surface area contributed by atoms with Crippen molar-refractivity contribution in [3.05, 3.63) is 34.0 Å². The molecule has 0 N–H and O–H groups in total. The lowest BCUT2D eigenvalue weighted by Crippen LogP contribution is -2.10. The van der Waals surface area contributed by atoms with E-state index in [1.807, 2.05) is 6.92 Å². The Balaban J connectivity index is 2.65. The number of aromatic nitrogens is 1. The zero-order valence-corrected chi connectivity index (χ0v) is 9.59. The molecule has 0 bridgehead atoms. The maximum Gasteiger partial charge on any atom is 0.378 e. The van der Waals surface area contributed by atoms with Crippen molar-refractivity contribution in [3.63, 3.8) is 0 Å². The second kappa shape index (κ2) is 6.57. The summed E-state index contributed by atoms with van der Waals surface area (Å²) in [5.41, 5.74) is -0.103. The summed E-state index contributed by atoms with van der Waals surface area (Å²) < 4.78 is 4.94. The molecule has 0 unspecified atom stereocenters. The first-order valence-corrected chi connectivity index (χ1v) is 5.43. The number of ether oxygens (including phenoxy) is 1. The van der Waals surface area contributed by atoms with Crippen LogP contribution in [-0.2, 0) is 4.74 Å². The summed E-state index contributed by atoms with van der Waals surface area (Å²) in [6.45, 7) is 2.31. The van der Waals surface area contributed by atoms with E-state index in [4.69, 9.17) is 4.74 Å². The molecular weight excluding hydrogens is 224 g/mol. The third-order valence-corrected chi connectivity index (χ3v) is 2.16. The van der Waals surface area contributed by atoms with Crippen molar-refractivity contribution in [2.75, 3.05) is 6.61 Å². The van der Waals surface area contributed by atoms with Crippen molar-refractivity contribution >= 4 is 11.8 Å². The van der Waals surface area contributed by atoms with Crippen LogP contribution in [0.2, 0.25) is 0 Å². The van der Waals surface area contributed by atoms with Crippen molar-refractivity contribution in [1.82, 2.24) is 4.98 Å². The number of hydrogen-bond acceptors (Lipinski definition) is 5. The largest absolute Gasteiger partial charge is 0.462 e. The number of pyridine rings is 1. The molecule has 1 rings (SSSR count). The molecule has 6 nitrogen and oxygen atoms in total. The van der Waals surface area contributed by atoms with Crippen LogP contribution in [0.5, 0.6) is 0 Å². The van der Waals surface area contributed by atoms with Crippen LogP contribution in [0.25, 0.3) is 0 Å². The topological polar surface area (TPSA) is 82.3 Å². The highest BCUT2D eigenvalue weighted by atomic mass is 16.6. The van der Waals surface area contributed by atoms with Crippen LogP contribution in [0.15, 0.2) is 18.3 Å². The molecule has 92 valence electrons. The average molecular weight is 238 g/mol. The molecule has 0 saturated heterocycles. The number of nitro groups is 1. The van der Waals surface area contributed by atoms with Gasteiger partial charge in [0.15, 0.2) is 5.56 Å². The summed E-state index contributed by atoms with van der Waals surface area (Å²) in [4.78, 5) is 25.1. The van der Waals surface area contributed by atoms with Gasteiger partial charge in [-0.25, -0.2) is 4.79 Å². The first-order chi connectivity index (χ1) is 8.16. The van der Waals surface area contributed by atoms with Crippen LogP contribution >= 0.6 is 0 Å². The Kier molecular flexibility index (Phi) is 5.06. The second-order valence-corrected chi connectivity index (χ2v) is 3.47. The Hall–Kier alpha value is -1.98. The van der Waals surface area contributed by atoms with E-state index in [0.717, 1.165) is 19.3 Å². The van der Waals surface area contributed by atoms with Gasteiger partial charge in [0.2, 0.25) is 0 Å². The molecule has 0 radical (unpaired) electrons. The number of hydrogen-bond donors (Lipinski definition) is 0. The van der Waals surface area contributed by atoms with Gasteiger partial charge < -0.3 is 14.9 Å². The van der Waals surface area contributed by atoms with E-state index >= 15 is 0 Å². The van der Waals surface area contributed by atoms with Gasteiger partial charge in [-0.2, -0.15) is 0 Å². The maximum atomic E-state index is 11.6. The zero-order valence-electron chi connectivity index (χ0n) is 9.59. The molecule has 1 aromatic heterocycles. The number of unbranched alkanes of at least 4 members (excludes halogenated alkanes) is 2. The fraction of sp³-hybridized carbons (Fsp3) is 0.455. The van der Waals surface area contributed by atoms with Crippen molar-refractivity contribution in [2.45, 2.75) is 26.2 Å². The molecule has 0 saturated carbocycles. The van der Waals surface area contributed by atoms with Gasteiger partial charge in [0.05, 0.1) is 6.61 Å². The summed E-state index contributed by atoms with van der Waals surface area (Å²) in [5.74, 6) is -1.16. The average Bonchev–Trinajstić information content (AvgIpc) is 2.34. The lowest BCUT2D eigenvalue weighted by molar-refractivity contribution is -0.389. The maximum absolute atomic E-state index is 11.6. The van der Waals surface area contributed by atoms with E-state index < -0.39 is 16.7 Å². The number of rotatable bonds is 6. The third kappa shape index (κ3) is 3.82. The van der Waals surface area contributed by atoms with Crippen LogP contribution in [0, 0.1) is 10.1 Å². The Bertz CT molecular complexity index is 406. The molecule has 17 heavy (non-hydrogen) atoms. The molecule has 0 fully saturated rings. The van der Waals surface area contributed by atoms with Crippen molar-refractivity contribution in [2.24, 2.45) is 0 Å². The van der Waals surface area contributed by atoms with Crippen LogP contribution in [0.1, 0.15) is 36.5 Å². The van der Waals surface area contributed by atoms with Gasteiger partial charge in [-0.1, -0.05) is 19.8 Å². The quantitative estimate of drug-likeness (QED) is 0.329. The first-order valence-electron chi connectivity index (χ1n) is 5.43. The minimum Gasteiger partial charge on any atom is -0.462 e. The third-order valence-electron chi connectivity index (χ3n) is 2.16. The lowest BCUT2D eigenvalue weighted by atomic mass is 10.2. The van der Waals surface area contributed by atoms with Gasteiger partial charge in [0.1, 0.15) is 6.20 Å². The molecule has 0 atom stereocenters. The fourth-order valence-electron chi connectivity index (χ4n) is 1.30. The summed E-state index contributed by atoms with van der Waals surface area (Å²) >= 11 is 0. The van der Waals surface area contributed by atoms with Gasteiger partial charge in [-0.05, 0) is 28.5 Å². The first kappa shape index (κ1) is 13.1. The molecule has 0 amide bonds. The van der Waals surface area contributed by atoms with Crippen LogP contribution in [0.3, 0.4) is 0 Å². The van der Waals surface area contributed by atoms with Gasteiger partial charge in [0.25, 0.3) is 0 Å². The monoisotopic (exact) mass is 238 g/mol. The summed E-state index contributed by atoms with van der Waals surface area (Å²) in [5, 5.41) is 10.6. The van der Waals surface area contributed by atoms with Gasteiger partial charge in [0, 0.05) is 0 Å². The predicted molar refractivity (Wildman–Crippen MR) is 60.7 cm³/mol. The van der Waals surface area contributed by atoms with E-state index in [1.54, 1.807) is 0 Å². The zero-order chi connectivity index (χ0) is 12.7. The summed E-state index contributed by atoms with van der Waals surface area (Å²) in [7, 11) is 0. The van der Waals surface area contributed by atoms with Crippen molar-refractivity contribution < 1.29 is 14.5 Å². The van der Waals surface area contributed by atoms with Crippen LogP contribution in [0.4, 0.5) is 5.82 Å². The highest BCUT2D eigenvalue weighted by Gasteiger charge is 2.21. The molecule has 0 aliphatic heterocycles. The van der Waals surface area contributed by atoms with Crippen LogP contribution in [-0.4, -0.2) is 22.5 Å². The highest BCUT2D eigenvalue weighted by molar-refractivity contribution is 5.92. The molecule has 0 aliphatic carbocycles. The van der Waals surface area contributed by atoms with E-state index in [-0.39, 0.29) is 12.2 Å². The number of nitrogens with zero attached hydrogens (tertiary/aromatic N) is 2. The molecule has 1 heterocycles. The van der Waals surface area contributed by atoms with E-state index in [2.05, 4.69) is 4.98 Å². The van der Waals surface area contributed by atoms with Crippen LogP contribution < -0.4 is 0 Å². The molecule has 1 aromatic rings. The second-order valence-electron chi connectivity index (χ2n) is 3.47. The molecular formula is C11H14N2O4. The number of carbonyl (C=O) groups is 1. The normalized spacial score (nSPS) is 9.94. The lowest BCUT2D eigenvalue weighted by Gasteiger charge is -2.04. The highest BCUT2D eigenvalue weighted by Crippen LogP contribution is 2.15. The van der Waals surface area contributed by atoms with Gasteiger partial charge >= 0.3 is 11.8 Å². The van der Waals surface area contributed by atoms with Gasteiger partial charge in [-0.15, -0.1) is 0 Å². The Labute approximate surface area is 98.8 Å². The Morgan fingerprint density at radius 2 is 2.29 bits per heavy atom. The minimum atomic E-state index is -0.694. The van der Waals surface area contributed by atoms with E-state index in [0.29, 0.717) is 0 Å². The fourth-order valence-corrected chi connectivity index (χ4v) is 1.30. The Morgan fingerprint density at radius 3 is 2.94 bits per heavy atom. The SMILES string of the molecule is CCCCCOC(=O)c1cccnc1[N+](=O)[O-]. The smallest absolute Gasteiger partial charge is 0.378 e. The number of carbonyl (C=O) groups excluding carboxylic acids is 1. The molecule has 0 aromatic carbocycles. The summed E-state index contributed by atoms with van der Waals surface area (Å²) in [6, 6.07) is 2.81. The predicted octanol–water partition coefficient (Wildman–Crippen LogP) is 2.34. The molecule has 0 aliphatic rings. The number of esters is 1. The van der Waals surface area contributed by atoms with Crippen molar-refractivity contribution in [1.29, 1.82) is 0 Å². The minimum absolute atomic E-state index is 0.103. The molecule has 0 spiro atoms. The van der Waals surface area contributed by atoms with Crippen molar-refractivity contribution in [3.8, 4) is 0 Å². The summed E-state index contributed by atoms with van der Waals surface area (Å²) in [6.07, 6.45) is 4.01. The Morgan fingerprint density at radius 1 is 1.53 bits per heavy atom.